The Hall–Kier alpha value is -1.75. The van der Waals surface area contributed by atoms with E-state index >= 15 is 0 Å². The fraction of sp³-hybridized carbons (Fsp3) is 0.588. The van der Waals surface area contributed by atoms with Crippen LogP contribution in [0.3, 0.4) is 0 Å². The lowest BCUT2D eigenvalue weighted by Crippen LogP contribution is -2.48. The predicted molar refractivity (Wildman–Crippen MR) is 86.6 cm³/mol. The van der Waals surface area contributed by atoms with Gasteiger partial charge in [-0.25, -0.2) is 0 Å². The molecule has 0 aliphatic carbocycles. The van der Waals surface area contributed by atoms with Crippen molar-refractivity contribution in [2.24, 2.45) is 0 Å². The van der Waals surface area contributed by atoms with Crippen molar-refractivity contribution in [2.75, 3.05) is 46.9 Å². The molecule has 1 aromatic carbocycles. The second-order valence-corrected chi connectivity index (χ2v) is 5.50. The van der Waals surface area contributed by atoms with Crippen molar-refractivity contribution >= 4 is 5.91 Å². The Labute approximate surface area is 132 Å². The molecule has 5 heteroatoms. The van der Waals surface area contributed by atoms with Gasteiger partial charge in [0.25, 0.3) is 0 Å². The molecule has 5 nitrogen and oxygen atoms in total. The molecule has 0 spiro atoms. The molecule has 0 aromatic heterocycles. The topological polar surface area (TPSA) is 42.0 Å². The van der Waals surface area contributed by atoms with E-state index in [2.05, 4.69) is 11.8 Å². The zero-order chi connectivity index (χ0) is 15.9. The Balaban J connectivity index is 1.86. The smallest absolute Gasteiger partial charge is 0.222 e. The van der Waals surface area contributed by atoms with Crippen molar-refractivity contribution < 1.29 is 14.3 Å². The van der Waals surface area contributed by atoms with Gasteiger partial charge in [0.15, 0.2) is 11.5 Å². The Bertz CT molecular complexity index is 497. The molecule has 0 bridgehead atoms. The molecule has 0 atom stereocenters. The van der Waals surface area contributed by atoms with Crippen LogP contribution in [-0.2, 0) is 11.2 Å². The average molecular weight is 306 g/mol. The number of rotatable bonds is 6. The first-order chi connectivity index (χ1) is 10.7. The second-order valence-electron chi connectivity index (χ2n) is 5.50. The highest BCUT2D eigenvalue weighted by Gasteiger charge is 2.19. The van der Waals surface area contributed by atoms with Gasteiger partial charge in [-0.2, -0.15) is 0 Å². The van der Waals surface area contributed by atoms with E-state index in [1.54, 1.807) is 14.2 Å². The van der Waals surface area contributed by atoms with Gasteiger partial charge in [0.05, 0.1) is 14.2 Å². The monoisotopic (exact) mass is 306 g/mol. The summed E-state index contributed by atoms with van der Waals surface area (Å²) in [5, 5.41) is 0. The summed E-state index contributed by atoms with van der Waals surface area (Å²) in [6, 6.07) is 5.82. The summed E-state index contributed by atoms with van der Waals surface area (Å²) in [5.74, 6) is 1.67. The zero-order valence-corrected chi connectivity index (χ0v) is 13.8. The molecule has 1 aromatic rings. The third-order valence-electron chi connectivity index (χ3n) is 4.25. The van der Waals surface area contributed by atoms with Gasteiger partial charge in [-0.1, -0.05) is 13.0 Å². The summed E-state index contributed by atoms with van der Waals surface area (Å²) >= 11 is 0. The van der Waals surface area contributed by atoms with Crippen LogP contribution in [0.5, 0.6) is 11.5 Å². The molecule has 22 heavy (non-hydrogen) atoms. The van der Waals surface area contributed by atoms with Gasteiger partial charge in [-0.05, 0) is 30.7 Å². The number of hydrogen-bond acceptors (Lipinski definition) is 4. The van der Waals surface area contributed by atoms with E-state index < -0.39 is 0 Å². The minimum Gasteiger partial charge on any atom is -0.493 e. The molecule has 0 N–H and O–H groups in total. The molecule has 0 unspecified atom stereocenters. The lowest BCUT2D eigenvalue weighted by Gasteiger charge is -2.34. The van der Waals surface area contributed by atoms with Crippen molar-refractivity contribution in [1.82, 2.24) is 9.80 Å². The van der Waals surface area contributed by atoms with Crippen molar-refractivity contribution in [2.45, 2.75) is 19.8 Å². The van der Waals surface area contributed by atoms with Gasteiger partial charge in [0.2, 0.25) is 5.91 Å². The van der Waals surface area contributed by atoms with E-state index in [1.807, 2.05) is 23.1 Å². The molecule has 2 rings (SSSR count). The van der Waals surface area contributed by atoms with E-state index in [1.165, 1.54) is 0 Å². The van der Waals surface area contributed by atoms with E-state index in [9.17, 15) is 4.79 Å². The van der Waals surface area contributed by atoms with Crippen LogP contribution in [0.15, 0.2) is 18.2 Å². The summed E-state index contributed by atoms with van der Waals surface area (Å²) in [5.41, 5.74) is 1.10. The van der Waals surface area contributed by atoms with Crippen LogP contribution < -0.4 is 9.47 Å². The quantitative estimate of drug-likeness (QED) is 0.804. The Kier molecular flexibility index (Phi) is 6.07. The number of piperazine rings is 1. The van der Waals surface area contributed by atoms with Crippen LogP contribution >= 0.6 is 0 Å². The second kappa shape index (κ2) is 8.03. The van der Waals surface area contributed by atoms with Crippen LogP contribution in [0.2, 0.25) is 0 Å². The standard InChI is InChI=1S/C17H26N2O3/c1-4-18-9-11-19(12-10-18)17(20)8-6-14-5-7-15(21-2)16(13-14)22-3/h5,7,13H,4,6,8-12H2,1-3H3. The molecular weight excluding hydrogens is 280 g/mol. The largest absolute Gasteiger partial charge is 0.493 e. The lowest BCUT2D eigenvalue weighted by atomic mass is 10.1. The molecule has 1 heterocycles. The maximum absolute atomic E-state index is 12.3. The van der Waals surface area contributed by atoms with E-state index in [4.69, 9.17) is 9.47 Å². The van der Waals surface area contributed by atoms with Crippen molar-refractivity contribution in [3.8, 4) is 11.5 Å². The maximum atomic E-state index is 12.3. The lowest BCUT2D eigenvalue weighted by molar-refractivity contribution is -0.132. The summed E-state index contributed by atoms with van der Waals surface area (Å²) in [6.45, 7) is 6.89. The van der Waals surface area contributed by atoms with Gasteiger partial charge >= 0.3 is 0 Å². The average Bonchev–Trinajstić information content (AvgIpc) is 2.59. The van der Waals surface area contributed by atoms with Crippen molar-refractivity contribution in [3.63, 3.8) is 0 Å². The van der Waals surface area contributed by atoms with Gasteiger partial charge in [0.1, 0.15) is 0 Å². The summed E-state index contributed by atoms with van der Waals surface area (Å²) < 4.78 is 10.5. The number of ether oxygens (including phenoxy) is 2. The highest BCUT2D eigenvalue weighted by molar-refractivity contribution is 5.76. The highest BCUT2D eigenvalue weighted by Crippen LogP contribution is 2.28. The molecular formula is C17H26N2O3. The first-order valence-electron chi connectivity index (χ1n) is 7.89. The minimum atomic E-state index is 0.241. The summed E-state index contributed by atoms with van der Waals surface area (Å²) in [7, 11) is 3.25. The number of carbonyl (C=O) groups is 1. The fourth-order valence-corrected chi connectivity index (χ4v) is 2.76. The van der Waals surface area contributed by atoms with Crippen molar-refractivity contribution in [1.29, 1.82) is 0 Å². The van der Waals surface area contributed by atoms with Crippen molar-refractivity contribution in [3.05, 3.63) is 23.8 Å². The normalized spacial score (nSPS) is 15.7. The van der Waals surface area contributed by atoms with E-state index in [0.717, 1.165) is 44.7 Å². The van der Waals surface area contributed by atoms with Gasteiger partial charge < -0.3 is 19.3 Å². The number of benzene rings is 1. The Morgan fingerprint density at radius 2 is 1.77 bits per heavy atom. The van der Waals surface area contributed by atoms with E-state index in [0.29, 0.717) is 17.9 Å². The molecule has 0 radical (unpaired) electrons. The fourth-order valence-electron chi connectivity index (χ4n) is 2.76. The number of methoxy groups -OCH3 is 2. The highest BCUT2D eigenvalue weighted by atomic mass is 16.5. The summed E-state index contributed by atoms with van der Waals surface area (Å²) in [6.07, 6.45) is 1.27. The number of likely N-dealkylation sites (N-methyl/N-ethyl adjacent to an activating group) is 1. The molecule has 122 valence electrons. The van der Waals surface area contributed by atoms with Crippen LogP contribution in [0.1, 0.15) is 18.9 Å². The minimum absolute atomic E-state index is 0.241. The first kappa shape index (κ1) is 16.6. The van der Waals surface area contributed by atoms with Crippen LogP contribution in [-0.4, -0.2) is 62.7 Å². The number of hydrogen-bond donors (Lipinski definition) is 0. The van der Waals surface area contributed by atoms with Crippen LogP contribution in [0.25, 0.3) is 0 Å². The predicted octanol–water partition coefficient (Wildman–Crippen LogP) is 1.80. The molecule has 1 saturated heterocycles. The first-order valence-corrected chi connectivity index (χ1v) is 7.89. The van der Waals surface area contributed by atoms with Gasteiger partial charge in [0, 0.05) is 32.6 Å². The summed E-state index contributed by atoms with van der Waals surface area (Å²) in [4.78, 5) is 16.6. The molecule has 1 amide bonds. The Morgan fingerprint density at radius 1 is 1.09 bits per heavy atom. The number of carbonyl (C=O) groups excluding carboxylic acids is 1. The number of aryl methyl sites for hydroxylation is 1. The number of nitrogens with zero attached hydrogens (tertiary/aromatic N) is 2. The zero-order valence-electron chi connectivity index (χ0n) is 13.8. The maximum Gasteiger partial charge on any atom is 0.222 e. The van der Waals surface area contributed by atoms with E-state index in [-0.39, 0.29) is 5.91 Å². The van der Waals surface area contributed by atoms with Gasteiger partial charge in [-0.3, -0.25) is 4.79 Å². The van der Waals surface area contributed by atoms with Gasteiger partial charge in [-0.15, -0.1) is 0 Å². The number of amides is 1. The third-order valence-corrected chi connectivity index (χ3v) is 4.25. The SMILES string of the molecule is CCN1CCN(C(=O)CCc2ccc(OC)c(OC)c2)CC1. The Morgan fingerprint density at radius 3 is 2.36 bits per heavy atom. The molecule has 0 saturated carbocycles. The molecule has 1 aliphatic heterocycles. The molecule has 1 fully saturated rings. The molecule has 1 aliphatic rings. The van der Waals surface area contributed by atoms with Crippen LogP contribution in [0, 0.1) is 0 Å². The van der Waals surface area contributed by atoms with Crippen LogP contribution in [0.4, 0.5) is 0 Å². The third kappa shape index (κ3) is 4.13.